The Bertz CT molecular complexity index is 713. The van der Waals surface area contributed by atoms with E-state index in [-0.39, 0.29) is 5.69 Å². The Kier molecular flexibility index (Phi) is 3.97. The standard InChI is InChI=1S/C13H9F3N2O3/c14-7-4-8(15)12(16)9(5-7)17-11(19)6-18-3-1-2-10(18)13(20)21/h1-5H,6H2,(H,17,19)(H,20,21). The fourth-order valence-electron chi connectivity index (χ4n) is 1.74. The number of nitrogens with one attached hydrogen (secondary N) is 1. The number of amides is 1. The molecule has 1 aromatic heterocycles. The summed E-state index contributed by atoms with van der Waals surface area (Å²) in [5, 5.41) is 10.9. The molecule has 8 heteroatoms. The van der Waals surface area contributed by atoms with Crippen molar-refractivity contribution >= 4 is 17.6 Å². The molecule has 0 unspecified atom stereocenters. The molecule has 2 rings (SSSR count). The third-order valence-corrected chi connectivity index (χ3v) is 2.63. The van der Waals surface area contributed by atoms with Crippen LogP contribution >= 0.6 is 0 Å². The van der Waals surface area contributed by atoms with Gasteiger partial charge in [-0.3, -0.25) is 4.79 Å². The lowest BCUT2D eigenvalue weighted by atomic mass is 10.2. The molecule has 2 aromatic rings. The summed E-state index contributed by atoms with van der Waals surface area (Å²) in [6.07, 6.45) is 1.34. The Morgan fingerprint density at radius 2 is 1.95 bits per heavy atom. The first-order valence-electron chi connectivity index (χ1n) is 5.71. The van der Waals surface area contributed by atoms with Gasteiger partial charge < -0.3 is 15.0 Å². The quantitative estimate of drug-likeness (QED) is 0.850. The van der Waals surface area contributed by atoms with Gasteiger partial charge in [-0.2, -0.15) is 0 Å². The molecule has 0 aliphatic heterocycles. The molecule has 0 saturated carbocycles. The highest BCUT2D eigenvalue weighted by molar-refractivity contribution is 5.92. The van der Waals surface area contributed by atoms with Crippen LogP contribution in [0.1, 0.15) is 10.5 Å². The van der Waals surface area contributed by atoms with E-state index in [9.17, 15) is 22.8 Å². The molecule has 2 N–H and O–H groups in total. The van der Waals surface area contributed by atoms with Gasteiger partial charge in [-0.15, -0.1) is 0 Å². The second kappa shape index (κ2) is 5.70. The van der Waals surface area contributed by atoms with Gasteiger partial charge in [0.15, 0.2) is 11.6 Å². The molecule has 0 aliphatic rings. The third-order valence-electron chi connectivity index (χ3n) is 2.63. The minimum absolute atomic E-state index is 0.143. The first-order valence-corrected chi connectivity index (χ1v) is 5.71. The van der Waals surface area contributed by atoms with E-state index in [0.29, 0.717) is 12.1 Å². The number of carboxylic acid groups (broad SMARTS) is 1. The minimum Gasteiger partial charge on any atom is -0.477 e. The maximum absolute atomic E-state index is 13.4. The first kappa shape index (κ1) is 14.6. The smallest absolute Gasteiger partial charge is 0.352 e. The van der Waals surface area contributed by atoms with Gasteiger partial charge in [0.2, 0.25) is 5.91 Å². The number of aromatic nitrogens is 1. The Labute approximate surface area is 116 Å². The number of hydrogen-bond donors (Lipinski definition) is 2. The lowest BCUT2D eigenvalue weighted by molar-refractivity contribution is -0.116. The summed E-state index contributed by atoms with van der Waals surface area (Å²) in [7, 11) is 0. The van der Waals surface area contributed by atoms with Crippen LogP contribution in [0.25, 0.3) is 0 Å². The van der Waals surface area contributed by atoms with Crippen molar-refractivity contribution < 1.29 is 27.9 Å². The van der Waals surface area contributed by atoms with Crippen LogP contribution in [-0.2, 0) is 11.3 Å². The van der Waals surface area contributed by atoms with Crippen LogP contribution < -0.4 is 5.32 Å². The maximum Gasteiger partial charge on any atom is 0.352 e. The van der Waals surface area contributed by atoms with Crippen molar-refractivity contribution in [1.29, 1.82) is 0 Å². The maximum atomic E-state index is 13.4. The predicted octanol–water partition coefficient (Wildman–Crippen LogP) is 2.24. The van der Waals surface area contributed by atoms with Crippen molar-refractivity contribution in [1.82, 2.24) is 4.57 Å². The lowest BCUT2D eigenvalue weighted by Crippen LogP contribution is -2.21. The van der Waals surface area contributed by atoms with Crippen LogP contribution in [0, 0.1) is 17.5 Å². The average Bonchev–Trinajstić information content (AvgIpc) is 2.83. The van der Waals surface area contributed by atoms with Crippen LogP contribution in [0.3, 0.4) is 0 Å². The highest BCUT2D eigenvalue weighted by atomic mass is 19.2. The predicted molar refractivity (Wildman–Crippen MR) is 66.3 cm³/mol. The zero-order valence-corrected chi connectivity index (χ0v) is 10.4. The van der Waals surface area contributed by atoms with Gasteiger partial charge in [-0.05, 0) is 12.1 Å². The zero-order valence-electron chi connectivity index (χ0n) is 10.4. The van der Waals surface area contributed by atoms with E-state index in [4.69, 9.17) is 5.11 Å². The van der Waals surface area contributed by atoms with Crippen LogP contribution in [0.4, 0.5) is 18.9 Å². The van der Waals surface area contributed by atoms with Gasteiger partial charge in [0.1, 0.15) is 18.1 Å². The summed E-state index contributed by atoms with van der Waals surface area (Å²) in [5.41, 5.74) is -0.794. The highest BCUT2D eigenvalue weighted by Gasteiger charge is 2.15. The molecule has 21 heavy (non-hydrogen) atoms. The summed E-state index contributed by atoms with van der Waals surface area (Å²) < 4.78 is 40.4. The van der Waals surface area contributed by atoms with Crippen molar-refractivity contribution in [3.63, 3.8) is 0 Å². The van der Waals surface area contributed by atoms with Gasteiger partial charge in [0, 0.05) is 18.3 Å². The Hall–Kier alpha value is -2.77. The number of carbonyl (C=O) groups excluding carboxylic acids is 1. The molecule has 1 heterocycles. The number of anilines is 1. The Morgan fingerprint density at radius 3 is 2.62 bits per heavy atom. The number of carboxylic acids is 1. The summed E-state index contributed by atoms with van der Waals surface area (Å²) >= 11 is 0. The molecule has 5 nitrogen and oxygen atoms in total. The molecule has 110 valence electrons. The second-order valence-electron chi connectivity index (χ2n) is 4.12. The highest BCUT2D eigenvalue weighted by Crippen LogP contribution is 2.19. The summed E-state index contributed by atoms with van der Waals surface area (Å²) in [4.78, 5) is 22.5. The number of halogens is 3. The van der Waals surface area contributed by atoms with Gasteiger partial charge in [0.25, 0.3) is 0 Å². The van der Waals surface area contributed by atoms with Gasteiger partial charge in [-0.25, -0.2) is 18.0 Å². The van der Waals surface area contributed by atoms with Crippen molar-refractivity contribution in [2.24, 2.45) is 0 Å². The van der Waals surface area contributed by atoms with Crippen molar-refractivity contribution in [2.45, 2.75) is 6.54 Å². The number of carbonyl (C=O) groups is 2. The molecule has 0 spiro atoms. The lowest BCUT2D eigenvalue weighted by Gasteiger charge is -2.09. The van der Waals surface area contributed by atoms with E-state index in [1.54, 1.807) is 0 Å². The topological polar surface area (TPSA) is 71.3 Å². The SMILES string of the molecule is O=C(Cn1cccc1C(=O)O)Nc1cc(F)cc(F)c1F. The second-order valence-corrected chi connectivity index (χ2v) is 4.12. The molecular weight excluding hydrogens is 289 g/mol. The van der Waals surface area contributed by atoms with Crippen LogP contribution in [0.5, 0.6) is 0 Å². The van der Waals surface area contributed by atoms with Gasteiger partial charge >= 0.3 is 5.97 Å². The fraction of sp³-hybridized carbons (Fsp3) is 0.0769. The van der Waals surface area contributed by atoms with Crippen molar-refractivity contribution in [2.75, 3.05) is 5.32 Å². The minimum atomic E-state index is -1.43. The fourth-order valence-corrected chi connectivity index (χ4v) is 1.74. The molecule has 0 aliphatic carbocycles. The molecule has 0 saturated heterocycles. The van der Waals surface area contributed by atoms with E-state index in [0.717, 1.165) is 4.57 Å². The largest absolute Gasteiger partial charge is 0.477 e. The van der Waals surface area contributed by atoms with Crippen LogP contribution in [0.2, 0.25) is 0 Å². The average molecular weight is 298 g/mol. The summed E-state index contributed by atoms with van der Waals surface area (Å²) in [5.74, 6) is -5.93. The zero-order chi connectivity index (χ0) is 15.6. The third kappa shape index (κ3) is 3.22. The van der Waals surface area contributed by atoms with E-state index in [2.05, 4.69) is 0 Å². The summed E-state index contributed by atoms with van der Waals surface area (Å²) in [6, 6.07) is 3.67. The molecule has 1 amide bonds. The van der Waals surface area contributed by atoms with E-state index in [1.807, 2.05) is 5.32 Å². The number of hydrogen-bond acceptors (Lipinski definition) is 2. The Balaban J connectivity index is 2.16. The van der Waals surface area contributed by atoms with Gasteiger partial charge in [0.05, 0.1) is 5.69 Å². The number of aromatic carboxylic acids is 1. The van der Waals surface area contributed by atoms with Gasteiger partial charge in [-0.1, -0.05) is 0 Å². The Morgan fingerprint density at radius 1 is 1.24 bits per heavy atom. The molecule has 1 aromatic carbocycles. The molecule has 0 bridgehead atoms. The molecule has 0 fully saturated rings. The number of nitrogens with zero attached hydrogens (tertiary/aromatic N) is 1. The van der Waals surface area contributed by atoms with E-state index < -0.39 is 41.6 Å². The van der Waals surface area contributed by atoms with Crippen molar-refractivity contribution in [3.8, 4) is 0 Å². The number of rotatable bonds is 4. The monoisotopic (exact) mass is 298 g/mol. The van der Waals surface area contributed by atoms with E-state index in [1.165, 1.54) is 18.3 Å². The summed E-state index contributed by atoms with van der Waals surface area (Å²) in [6.45, 7) is -0.438. The molecular formula is C13H9F3N2O3. The van der Waals surface area contributed by atoms with Crippen LogP contribution in [0.15, 0.2) is 30.5 Å². The van der Waals surface area contributed by atoms with Crippen LogP contribution in [-0.4, -0.2) is 21.6 Å². The van der Waals surface area contributed by atoms with Crippen molar-refractivity contribution in [3.05, 3.63) is 53.6 Å². The molecule has 0 radical (unpaired) electrons. The van der Waals surface area contributed by atoms with E-state index >= 15 is 0 Å². The number of benzene rings is 1. The molecule has 0 atom stereocenters. The normalized spacial score (nSPS) is 10.4. The first-order chi connectivity index (χ1) is 9.88.